The van der Waals surface area contributed by atoms with Gasteiger partial charge in [0.05, 0.1) is 30.6 Å². The molecule has 0 aromatic heterocycles. The molecular formula is C23H34FN3O4S. The number of morpholine rings is 1. The van der Waals surface area contributed by atoms with Gasteiger partial charge in [-0.1, -0.05) is 32.9 Å². The number of aliphatic carboxylic acids is 1. The molecule has 0 radical (unpaired) electrons. The molecule has 0 saturated carbocycles. The molecule has 2 aliphatic rings. The first-order valence-electron chi connectivity index (χ1n) is 11.2. The van der Waals surface area contributed by atoms with Gasteiger partial charge in [-0.3, -0.25) is 14.5 Å². The van der Waals surface area contributed by atoms with Crippen molar-refractivity contribution in [3.63, 3.8) is 0 Å². The van der Waals surface area contributed by atoms with Crippen molar-refractivity contribution in [1.29, 1.82) is 0 Å². The number of ether oxygens (including phenoxy) is 1. The van der Waals surface area contributed by atoms with Crippen LogP contribution in [0.2, 0.25) is 0 Å². The van der Waals surface area contributed by atoms with Crippen molar-refractivity contribution in [3.8, 4) is 0 Å². The maximum absolute atomic E-state index is 14.9. The SMILES string of the molecule is CC(C)(C)CCN1C(=O)[C@H](CC(=O)O)SC1c1cccc(F)c1NCCN1CCOCC1. The Kier molecular flexibility index (Phi) is 8.41. The Morgan fingerprint density at radius 2 is 2.00 bits per heavy atom. The standard InChI is InChI=1S/C23H34FN3O4S/c1-23(2,3)7-9-27-21(30)18(15-19(28)29)32-22(27)16-5-4-6-17(24)20(16)25-8-10-26-11-13-31-14-12-26/h4-6,18,22,25H,7-15H2,1-3H3,(H,28,29)/t18-,22?/m0/s1. The molecule has 1 amide bonds. The van der Waals surface area contributed by atoms with Gasteiger partial charge < -0.3 is 20.1 Å². The lowest BCUT2D eigenvalue weighted by atomic mass is 9.92. The molecule has 2 fully saturated rings. The molecule has 0 spiro atoms. The lowest BCUT2D eigenvalue weighted by Crippen LogP contribution is -2.39. The molecule has 0 bridgehead atoms. The third-order valence-electron chi connectivity index (χ3n) is 5.74. The van der Waals surface area contributed by atoms with Crippen LogP contribution in [-0.4, -0.2) is 78.0 Å². The van der Waals surface area contributed by atoms with Crippen LogP contribution < -0.4 is 5.32 Å². The second-order valence-corrected chi connectivity index (χ2v) is 10.8. The number of rotatable bonds is 9. The van der Waals surface area contributed by atoms with Gasteiger partial charge >= 0.3 is 5.97 Å². The van der Waals surface area contributed by atoms with Crippen LogP contribution in [0.3, 0.4) is 0 Å². The molecule has 7 nitrogen and oxygen atoms in total. The fourth-order valence-corrected chi connectivity index (χ4v) is 5.40. The van der Waals surface area contributed by atoms with Crippen LogP contribution in [0.4, 0.5) is 10.1 Å². The highest BCUT2D eigenvalue weighted by Gasteiger charge is 2.43. The van der Waals surface area contributed by atoms with Gasteiger partial charge in [-0.25, -0.2) is 4.39 Å². The molecule has 2 saturated heterocycles. The van der Waals surface area contributed by atoms with Gasteiger partial charge in [-0.05, 0) is 17.9 Å². The highest BCUT2D eigenvalue weighted by atomic mass is 32.2. The van der Waals surface area contributed by atoms with Crippen LogP contribution in [0.15, 0.2) is 18.2 Å². The monoisotopic (exact) mass is 467 g/mol. The zero-order chi connectivity index (χ0) is 23.3. The number of amides is 1. The summed E-state index contributed by atoms with van der Waals surface area (Å²) in [6.45, 7) is 11.3. The zero-order valence-corrected chi connectivity index (χ0v) is 19.9. The number of nitrogens with one attached hydrogen (secondary N) is 1. The maximum atomic E-state index is 14.9. The van der Waals surface area contributed by atoms with E-state index >= 15 is 0 Å². The van der Waals surface area contributed by atoms with E-state index in [2.05, 4.69) is 31.0 Å². The van der Waals surface area contributed by atoms with E-state index in [0.29, 0.717) is 37.6 Å². The minimum Gasteiger partial charge on any atom is -0.481 e. The average molecular weight is 468 g/mol. The van der Waals surface area contributed by atoms with Gasteiger partial charge in [0.25, 0.3) is 0 Å². The number of nitrogens with zero attached hydrogens (tertiary/aromatic N) is 2. The number of halogens is 1. The fraction of sp³-hybridized carbons (Fsp3) is 0.652. The quantitative estimate of drug-likeness (QED) is 0.576. The first-order chi connectivity index (χ1) is 15.2. The van der Waals surface area contributed by atoms with Crippen LogP contribution >= 0.6 is 11.8 Å². The Morgan fingerprint density at radius 1 is 1.28 bits per heavy atom. The minimum absolute atomic E-state index is 0.0154. The number of carbonyl (C=O) groups is 2. The summed E-state index contributed by atoms with van der Waals surface area (Å²) in [5.41, 5.74) is 1.09. The second kappa shape index (κ2) is 10.9. The van der Waals surface area contributed by atoms with E-state index < -0.39 is 16.6 Å². The number of para-hydroxylation sites is 1. The lowest BCUT2D eigenvalue weighted by molar-refractivity contribution is -0.140. The van der Waals surface area contributed by atoms with Crippen LogP contribution in [0, 0.1) is 11.2 Å². The van der Waals surface area contributed by atoms with E-state index in [4.69, 9.17) is 4.74 Å². The first kappa shape index (κ1) is 24.8. The van der Waals surface area contributed by atoms with Crippen molar-refractivity contribution >= 4 is 29.3 Å². The van der Waals surface area contributed by atoms with Crippen molar-refractivity contribution in [2.45, 2.75) is 44.2 Å². The average Bonchev–Trinajstić information content (AvgIpc) is 3.02. The number of carboxylic acid groups (broad SMARTS) is 1. The van der Waals surface area contributed by atoms with E-state index in [1.807, 2.05) is 6.07 Å². The summed E-state index contributed by atoms with van der Waals surface area (Å²) in [5.74, 6) is -1.56. The number of thioether (sulfide) groups is 1. The predicted molar refractivity (Wildman–Crippen MR) is 124 cm³/mol. The van der Waals surface area contributed by atoms with Gasteiger partial charge in [-0.15, -0.1) is 11.8 Å². The van der Waals surface area contributed by atoms with Gasteiger partial charge in [0.15, 0.2) is 0 Å². The topological polar surface area (TPSA) is 82.1 Å². The Morgan fingerprint density at radius 3 is 2.66 bits per heavy atom. The zero-order valence-electron chi connectivity index (χ0n) is 19.1. The molecule has 32 heavy (non-hydrogen) atoms. The highest BCUT2D eigenvalue weighted by molar-refractivity contribution is 8.01. The Bertz CT molecular complexity index is 811. The van der Waals surface area contributed by atoms with Gasteiger partial charge in [0.2, 0.25) is 5.91 Å². The molecule has 1 aromatic rings. The van der Waals surface area contributed by atoms with Gasteiger partial charge in [0, 0.05) is 38.3 Å². The third kappa shape index (κ3) is 6.59. The second-order valence-electron chi connectivity index (χ2n) is 9.50. The van der Waals surface area contributed by atoms with E-state index in [-0.39, 0.29) is 23.6 Å². The number of carboxylic acids is 1. The molecule has 2 heterocycles. The van der Waals surface area contributed by atoms with Crippen LogP contribution in [0.5, 0.6) is 0 Å². The van der Waals surface area contributed by atoms with Crippen molar-refractivity contribution < 1.29 is 23.8 Å². The molecule has 9 heteroatoms. The number of hydrogen-bond donors (Lipinski definition) is 2. The normalized spacial score (nSPS) is 22.4. The lowest BCUT2D eigenvalue weighted by Gasteiger charge is -2.30. The van der Waals surface area contributed by atoms with Crippen LogP contribution in [0.1, 0.15) is 44.6 Å². The van der Waals surface area contributed by atoms with E-state index in [1.165, 1.54) is 17.8 Å². The van der Waals surface area contributed by atoms with E-state index in [1.54, 1.807) is 11.0 Å². The molecule has 3 rings (SSSR count). The molecule has 2 aliphatic heterocycles. The van der Waals surface area contributed by atoms with Crippen molar-refractivity contribution in [3.05, 3.63) is 29.6 Å². The number of hydrogen-bond acceptors (Lipinski definition) is 6. The Hall–Kier alpha value is -1.84. The summed E-state index contributed by atoms with van der Waals surface area (Å²) in [4.78, 5) is 28.4. The van der Waals surface area contributed by atoms with Gasteiger partial charge in [-0.2, -0.15) is 0 Å². The molecule has 1 aromatic carbocycles. The van der Waals surface area contributed by atoms with Crippen molar-refractivity contribution in [2.24, 2.45) is 5.41 Å². The summed E-state index contributed by atoms with van der Waals surface area (Å²) in [6, 6.07) is 4.89. The molecule has 1 unspecified atom stereocenters. The van der Waals surface area contributed by atoms with Gasteiger partial charge in [0.1, 0.15) is 11.2 Å². The number of carbonyl (C=O) groups excluding carboxylic acids is 1. The highest BCUT2D eigenvalue weighted by Crippen LogP contribution is 2.47. The van der Waals surface area contributed by atoms with Crippen LogP contribution in [0.25, 0.3) is 0 Å². The fourth-order valence-electron chi connectivity index (χ4n) is 3.90. The first-order valence-corrected chi connectivity index (χ1v) is 12.1. The summed E-state index contributed by atoms with van der Waals surface area (Å²) in [5, 5.41) is 11.4. The summed E-state index contributed by atoms with van der Waals surface area (Å²) in [7, 11) is 0. The molecule has 0 aliphatic carbocycles. The predicted octanol–water partition coefficient (Wildman–Crippen LogP) is 3.42. The van der Waals surface area contributed by atoms with Crippen molar-refractivity contribution in [2.75, 3.05) is 51.3 Å². The molecule has 178 valence electrons. The smallest absolute Gasteiger partial charge is 0.305 e. The van der Waals surface area contributed by atoms with E-state index in [0.717, 1.165) is 26.1 Å². The Labute approximate surface area is 193 Å². The minimum atomic E-state index is -1.00. The molecule has 2 atom stereocenters. The third-order valence-corrected chi connectivity index (χ3v) is 7.21. The summed E-state index contributed by atoms with van der Waals surface area (Å²) >= 11 is 1.31. The molecular weight excluding hydrogens is 433 g/mol. The summed E-state index contributed by atoms with van der Waals surface area (Å²) in [6.07, 6.45) is 0.534. The van der Waals surface area contributed by atoms with E-state index in [9.17, 15) is 19.1 Å². The number of anilines is 1. The number of benzene rings is 1. The maximum Gasteiger partial charge on any atom is 0.305 e. The summed E-state index contributed by atoms with van der Waals surface area (Å²) < 4.78 is 20.2. The van der Waals surface area contributed by atoms with Crippen molar-refractivity contribution in [1.82, 2.24) is 9.80 Å². The Balaban J connectivity index is 1.79. The molecule has 2 N–H and O–H groups in total. The van der Waals surface area contributed by atoms with Crippen LogP contribution in [-0.2, 0) is 14.3 Å². The largest absolute Gasteiger partial charge is 0.481 e.